The summed E-state index contributed by atoms with van der Waals surface area (Å²) in [5.74, 6) is -0.225. The zero-order chi connectivity index (χ0) is 12.3. The number of aliphatic hydroxyl groups is 1. The van der Waals surface area contributed by atoms with Crippen LogP contribution in [0.25, 0.3) is 0 Å². The summed E-state index contributed by atoms with van der Waals surface area (Å²) in [7, 11) is 1.86. The Morgan fingerprint density at radius 1 is 1.44 bits per heavy atom. The molecule has 0 spiro atoms. The molecule has 0 radical (unpaired) electrons. The van der Waals surface area contributed by atoms with Crippen LogP contribution in [0.4, 0.5) is 4.39 Å². The molecule has 16 heavy (non-hydrogen) atoms. The smallest absolute Gasteiger partial charge is 0.128 e. The highest BCUT2D eigenvalue weighted by Gasteiger charge is 2.17. The van der Waals surface area contributed by atoms with Crippen LogP contribution in [0.5, 0.6) is 0 Å². The molecule has 0 saturated carbocycles. The molecule has 1 aromatic carbocycles. The molecule has 0 atom stereocenters. The fourth-order valence-electron chi connectivity index (χ4n) is 1.67. The van der Waals surface area contributed by atoms with Gasteiger partial charge >= 0.3 is 0 Å². The molecule has 1 rings (SSSR count). The summed E-state index contributed by atoms with van der Waals surface area (Å²) in [6.07, 6.45) is 0. The number of nitrogens with zero attached hydrogens (tertiary/aromatic N) is 1. The molecule has 1 N–H and O–H groups in total. The third-order valence-corrected chi connectivity index (χ3v) is 2.89. The minimum Gasteiger partial charge on any atom is -0.389 e. The summed E-state index contributed by atoms with van der Waals surface area (Å²) in [6.45, 7) is 4.44. The molecule has 0 heterocycles. The van der Waals surface area contributed by atoms with E-state index < -0.39 is 5.60 Å². The highest BCUT2D eigenvalue weighted by atomic mass is 79.9. The van der Waals surface area contributed by atoms with E-state index in [0.29, 0.717) is 18.7 Å². The Bertz CT molecular complexity index is 342. The lowest BCUT2D eigenvalue weighted by Gasteiger charge is -2.25. The van der Waals surface area contributed by atoms with Gasteiger partial charge in [-0.2, -0.15) is 0 Å². The minimum atomic E-state index is -0.771. The molecule has 0 aromatic heterocycles. The van der Waals surface area contributed by atoms with Gasteiger partial charge < -0.3 is 5.11 Å². The van der Waals surface area contributed by atoms with Crippen molar-refractivity contribution < 1.29 is 9.50 Å². The highest BCUT2D eigenvalue weighted by molar-refractivity contribution is 9.10. The molecule has 0 bridgehead atoms. The van der Waals surface area contributed by atoms with Crippen LogP contribution in [0.1, 0.15) is 19.4 Å². The van der Waals surface area contributed by atoms with Crippen LogP contribution in [0.2, 0.25) is 0 Å². The summed E-state index contributed by atoms with van der Waals surface area (Å²) in [4.78, 5) is 1.89. The third kappa shape index (κ3) is 4.20. The van der Waals surface area contributed by atoms with Crippen LogP contribution in [-0.2, 0) is 6.54 Å². The molecule has 0 saturated heterocycles. The zero-order valence-corrected chi connectivity index (χ0v) is 11.4. The van der Waals surface area contributed by atoms with Crippen molar-refractivity contribution in [1.29, 1.82) is 0 Å². The third-order valence-electron chi connectivity index (χ3n) is 2.15. The summed E-state index contributed by atoms with van der Waals surface area (Å²) in [5, 5.41) is 9.66. The van der Waals surface area contributed by atoms with E-state index in [2.05, 4.69) is 15.9 Å². The average molecular weight is 290 g/mol. The fraction of sp³-hybridized carbons (Fsp3) is 0.500. The Kier molecular flexibility index (Phi) is 4.47. The monoisotopic (exact) mass is 289 g/mol. The van der Waals surface area contributed by atoms with E-state index in [0.717, 1.165) is 4.47 Å². The van der Waals surface area contributed by atoms with E-state index >= 15 is 0 Å². The second-order valence-electron chi connectivity index (χ2n) is 4.68. The highest BCUT2D eigenvalue weighted by Crippen LogP contribution is 2.21. The van der Waals surface area contributed by atoms with Gasteiger partial charge in [0.1, 0.15) is 5.82 Å². The topological polar surface area (TPSA) is 23.5 Å². The largest absolute Gasteiger partial charge is 0.389 e. The van der Waals surface area contributed by atoms with Crippen molar-refractivity contribution in [2.45, 2.75) is 26.0 Å². The van der Waals surface area contributed by atoms with Crippen LogP contribution in [-0.4, -0.2) is 29.2 Å². The molecule has 1 aromatic rings. The minimum absolute atomic E-state index is 0.225. The summed E-state index contributed by atoms with van der Waals surface area (Å²) in [6, 6.07) is 4.92. The maximum absolute atomic E-state index is 13.5. The van der Waals surface area contributed by atoms with E-state index in [4.69, 9.17) is 0 Å². The Balaban J connectivity index is 2.73. The lowest BCUT2D eigenvalue weighted by Crippen LogP contribution is -2.36. The average Bonchev–Trinajstić information content (AvgIpc) is 2.08. The maximum Gasteiger partial charge on any atom is 0.128 e. The van der Waals surface area contributed by atoms with Crippen LogP contribution < -0.4 is 0 Å². The molecular weight excluding hydrogens is 273 g/mol. The van der Waals surface area contributed by atoms with Crippen molar-refractivity contribution in [2.75, 3.05) is 13.6 Å². The lowest BCUT2D eigenvalue weighted by molar-refractivity contribution is 0.0421. The van der Waals surface area contributed by atoms with Gasteiger partial charge in [0.05, 0.1) is 5.60 Å². The molecule has 0 unspecified atom stereocenters. The molecule has 2 nitrogen and oxygen atoms in total. The van der Waals surface area contributed by atoms with Crippen LogP contribution in [0, 0.1) is 5.82 Å². The second-order valence-corrected chi connectivity index (χ2v) is 5.54. The van der Waals surface area contributed by atoms with E-state index in [1.54, 1.807) is 19.9 Å². The summed E-state index contributed by atoms with van der Waals surface area (Å²) >= 11 is 3.33. The maximum atomic E-state index is 13.5. The molecule has 0 amide bonds. The molecule has 0 fully saturated rings. The molecule has 0 aliphatic carbocycles. The van der Waals surface area contributed by atoms with Gasteiger partial charge in [-0.05, 0) is 33.0 Å². The van der Waals surface area contributed by atoms with Gasteiger partial charge in [0.25, 0.3) is 0 Å². The first-order chi connectivity index (χ1) is 7.29. The number of halogens is 2. The Labute approximate surface area is 104 Å². The van der Waals surface area contributed by atoms with Crippen molar-refractivity contribution in [1.82, 2.24) is 4.90 Å². The van der Waals surface area contributed by atoms with Crippen molar-refractivity contribution >= 4 is 15.9 Å². The van der Waals surface area contributed by atoms with Crippen molar-refractivity contribution in [3.05, 3.63) is 34.1 Å². The van der Waals surface area contributed by atoms with Gasteiger partial charge in [-0.25, -0.2) is 4.39 Å². The van der Waals surface area contributed by atoms with Crippen molar-refractivity contribution in [3.8, 4) is 0 Å². The summed E-state index contributed by atoms with van der Waals surface area (Å²) in [5.41, 5.74) is -0.152. The van der Waals surface area contributed by atoms with E-state index in [1.807, 2.05) is 18.0 Å². The first-order valence-electron chi connectivity index (χ1n) is 5.13. The van der Waals surface area contributed by atoms with Gasteiger partial charge in [-0.3, -0.25) is 4.90 Å². The van der Waals surface area contributed by atoms with Gasteiger partial charge in [-0.1, -0.05) is 22.0 Å². The molecule has 90 valence electrons. The number of hydrogen-bond acceptors (Lipinski definition) is 2. The lowest BCUT2D eigenvalue weighted by atomic mass is 10.1. The van der Waals surface area contributed by atoms with Gasteiger partial charge in [-0.15, -0.1) is 0 Å². The van der Waals surface area contributed by atoms with Crippen molar-refractivity contribution in [3.63, 3.8) is 0 Å². The number of benzene rings is 1. The second kappa shape index (κ2) is 5.25. The SMILES string of the molecule is CN(Cc1c(F)cccc1Br)CC(C)(C)O. The molecule has 4 heteroatoms. The van der Waals surface area contributed by atoms with Gasteiger partial charge in [0, 0.05) is 23.1 Å². The Hall–Kier alpha value is -0.450. The van der Waals surface area contributed by atoms with E-state index in [9.17, 15) is 9.50 Å². The fourth-order valence-corrected chi connectivity index (χ4v) is 2.14. The normalized spacial score (nSPS) is 12.2. The number of hydrogen-bond donors (Lipinski definition) is 1. The van der Waals surface area contributed by atoms with Crippen LogP contribution in [0.3, 0.4) is 0 Å². The standard InChI is InChI=1S/C12H17BrFNO/c1-12(2,16)8-15(3)7-9-10(13)5-4-6-11(9)14/h4-6,16H,7-8H2,1-3H3. The van der Waals surface area contributed by atoms with Gasteiger partial charge in [0.2, 0.25) is 0 Å². The first-order valence-corrected chi connectivity index (χ1v) is 5.93. The van der Waals surface area contributed by atoms with Crippen molar-refractivity contribution in [2.24, 2.45) is 0 Å². The Morgan fingerprint density at radius 2 is 2.06 bits per heavy atom. The summed E-state index contributed by atoms with van der Waals surface area (Å²) < 4.78 is 14.3. The van der Waals surface area contributed by atoms with Gasteiger partial charge in [0.15, 0.2) is 0 Å². The number of likely N-dealkylation sites (N-methyl/N-ethyl adjacent to an activating group) is 1. The zero-order valence-electron chi connectivity index (χ0n) is 9.80. The van der Waals surface area contributed by atoms with Crippen LogP contribution in [0.15, 0.2) is 22.7 Å². The molecular formula is C12H17BrFNO. The predicted molar refractivity (Wildman–Crippen MR) is 66.7 cm³/mol. The quantitative estimate of drug-likeness (QED) is 0.921. The molecule has 0 aliphatic heterocycles. The molecule has 0 aliphatic rings. The number of rotatable bonds is 4. The van der Waals surface area contributed by atoms with E-state index in [-0.39, 0.29) is 5.82 Å². The van der Waals surface area contributed by atoms with Crippen LogP contribution >= 0.6 is 15.9 Å². The first kappa shape index (κ1) is 13.6. The van der Waals surface area contributed by atoms with E-state index in [1.165, 1.54) is 6.07 Å². The Morgan fingerprint density at radius 3 is 2.56 bits per heavy atom. The predicted octanol–water partition coefficient (Wildman–Crippen LogP) is 2.79.